The van der Waals surface area contributed by atoms with Crippen molar-refractivity contribution in [1.82, 2.24) is 25.3 Å². The first-order valence-corrected chi connectivity index (χ1v) is 10.8. The standard InChI is InChI=1S/C25H27N5O3/c1-17-9-7-8-12-19(17)15-26-22(31)20-13-21-23(32)29(3)25(2,16-30(21)28-20)24(33)27-14-18-10-5-4-6-11-18/h4-13H,14-16H2,1-3H3,(H,26,31)(H,27,33). The Labute approximate surface area is 192 Å². The Morgan fingerprint density at radius 1 is 1.03 bits per heavy atom. The molecule has 3 aromatic rings. The second kappa shape index (κ2) is 8.90. The summed E-state index contributed by atoms with van der Waals surface area (Å²) < 4.78 is 1.45. The molecule has 1 aliphatic rings. The lowest BCUT2D eigenvalue weighted by Crippen LogP contribution is -2.62. The quantitative estimate of drug-likeness (QED) is 0.608. The normalized spacial score (nSPS) is 17.4. The first-order valence-electron chi connectivity index (χ1n) is 10.8. The molecule has 170 valence electrons. The molecule has 8 nitrogen and oxygen atoms in total. The lowest BCUT2D eigenvalue weighted by molar-refractivity contribution is -0.132. The Morgan fingerprint density at radius 2 is 1.73 bits per heavy atom. The summed E-state index contributed by atoms with van der Waals surface area (Å²) in [5.74, 6) is -1.01. The van der Waals surface area contributed by atoms with Gasteiger partial charge in [0.25, 0.3) is 11.8 Å². The maximum Gasteiger partial charge on any atom is 0.272 e. The predicted molar refractivity (Wildman–Crippen MR) is 123 cm³/mol. The molecule has 1 aromatic heterocycles. The van der Waals surface area contributed by atoms with E-state index in [-0.39, 0.29) is 35.7 Å². The molecular weight excluding hydrogens is 418 g/mol. The monoisotopic (exact) mass is 445 g/mol. The summed E-state index contributed by atoms with van der Waals surface area (Å²) in [5.41, 5.74) is 2.34. The van der Waals surface area contributed by atoms with Crippen molar-refractivity contribution < 1.29 is 14.4 Å². The molecule has 8 heteroatoms. The third-order valence-electron chi connectivity index (χ3n) is 6.22. The number of carbonyl (C=O) groups excluding carboxylic acids is 3. The Hall–Kier alpha value is -3.94. The van der Waals surface area contributed by atoms with Crippen molar-refractivity contribution in [2.75, 3.05) is 7.05 Å². The van der Waals surface area contributed by atoms with Crippen LogP contribution in [-0.2, 0) is 24.4 Å². The van der Waals surface area contributed by atoms with E-state index in [4.69, 9.17) is 0 Å². The summed E-state index contributed by atoms with van der Waals surface area (Å²) in [6.07, 6.45) is 0. The maximum atomic E-state index is 13.1. The molecular formula is C25H27N5O3. The zero-order valence-electron chi connectivity index (χ0n) is 19.0. The van der Waals surface area contributed by atoms with E-state index in [1.807, 2.05) is 61.5 Å². The summed E-state index contributed by atoms with van der Waals surface area (Å²) >= 11 is 0. The van der Waals surface area contributed by atoms with Crippen molar-refractivity contribution in [1.29, 1.82) is 0 Å². The van der Waals surface area contributed by atoms with Crippen molar-refractivity contribution in [3.63, 3.8) is 0 Å². The molecule has 0 spiro atoms. The van der Waals surface area contributed by atoms with E-state index in [1.54, 1.807) is 14.0 Å². The van der Waals surface area contributed by atoms with Gasteiger partial charge in [0.15, 0.2) is 5.69 Å². The van der Waals surface area contributed by atoms with Gasteiger partial charge in [-0.25, -0.2) is 0 Å². The number of nitrogens with zero attached hydrogens (tertiary/aromatic N) is 3. The van der Waals surface area contributed by atoms with Crippen LogP contribution in [0.5, 0.6) is 0 Å². The van der Waals surface area contributed by atoms with E-state index in [0.717, 1.165) is 16.7 Å². The van der Waals surface area contributed by atoms with Crippen molar-refractivity contribution in [3.8, 4) is 0 Å². The van der Waals surface area contributed by atoms with Crippen LogP contribution in [0.1, 0.15) is 44.6 Å². The molecule has 0 saturated carbocycles. The number of amides is 3. The molecule has 0 radical (unpaired) electrons. The first-order chi connectivity index (χ1) is 15.8. The van der Waals surface area contributed by atoms with E-state index in [2.05, 4.69) is 15.7 Å². The van der Waals surface area contributed by atoms with E-state index in [9.17, 15) is 14.4 Å². The van der Waals surface area contributed by atoms with Gasteiger partial charge in [-0.2, -0.15) is 5.10 Å². The summed E-state index contributed by atoms with van der Waals surface area (Å²) in [7, 11) is 1.60. The third-order valence-corrected chi connectivity index (χ3v) is 6.22. The zero-order chi connectivity index (χ0) is 23.6. The minimum absolute atomic E-state index is 0.147. The first kappa shape index (κ1) is 22.3. The highest BCUT2D eigenvalue weighted by Gasteiger charge is 2.46. The van der Waals surface area contributed by atoms with E-state index >= 15 is 0 Å². The molecule has 1 unspecified atom stereocenters. The predicted octanol–water partition coefficient (Wildman–Crippen LogP) is 2.28. The zero-order valence-corrected chi connectivity index (χ0v) is 19.0. The van der Waals surface area contributed by atoms with E-state index in [1.165, 1.54) is 15.6 Å². The highest BCUT2D eigenvalue weighted by molar-refractivity contribution is 6.01. The van der Waals surface area contributed by atoms with Crippen molar-refractivity contribution in [3.05, 3.63) is 88.7 Å². The number of aromatic nitrogens is 2. The Morgan fingerprint density at radius 3 is 2.45 bits per heavy atom. The number of benzene rings is 2. The van der Waals surface area contributed by atoms with Crippen LogP contribution in [0.3, 0.4) is 0 Å². The van der Waals surface area contributed by atoms with Gasteiger partial charge >= 0.3 is 0 Å². The van der Waals surface area contributed by atoms with Crippen LogP contribution in [0.4, 0.5) is 0 Å². The van der Waals surface area contributed by atoms with Gasteiger partial charge in [-0.05, 0) is 30.5 Å². The number of likely N-dealkylation sites (N-methyl/N-ethyl adjacent to an activating group) is 1. The number of hydrogen-bond donors (Lipinski definition) is 2. The molecule has 1 atom stereocenters. The summed E-state index contributed by atoms with van der Waals surface area (Å²) in [5, 5.41) is 10.1. The van der Waals surface area contributed by atoms with Crippen LogP contribution in [0, 0.1) is 6.92 Å². The maximum absolute atomic E-state index is 13.1. The molecule has 2 aromatic carbocycles. The Balaban J connectivity index is 1.48. The number of fused-ring (bicyclic) bond motifs is 1. The molecule has 0 bridgehead atoms. The molecule has 2 N–H and O–H groups in total. The van der Waals surface area contributed by atoms with Crippen LogP contribution in [0.15, 0.2) is 60.7 Å². The minimum Gasteiger partial charge on any atom is -0.350 e. The number of nitrogens with one attached hydrogen (secondary N) is 2. The Bertz CT molecular complexity index is 1200. The van der Waals surface area contributed by atoms with Crippen LogP contribution in [-0.4, -0.2) is 45.0 Å². The summed E-state index contributed by atoms with van der Waals surface area (Å²) in [6.45, 7) is 4.55. The number of rotatable bonds is 6. The second-order valence-electron chi connectivity index (χ2n) is 8.49. The van der Waals surface area contributed by atoms with E-state index in [0.29, 0.717) is 13.1 Å². The van der Waals surface area contributed by atoms with Gasteiger partial charge < -0.3 is 15.5 Å². The van der Waals surface area contributed by atoms with Gasteiger partial charge in [-0.15, -0.1) is 0 Å². The smallest absolute Gasteiger partial charge is 0.272 e. The Kier molecular flexibility index (Phi) is 6.00. The van der Waals surface area contributed by atoms with Crippen molar-refractivity contribution >= 4 is 17.7 Å². The SMILES string of the molecule is Cc1ccccc1CNC(=O)c1cc2n(n1)CC(C)(C(=O)NCc1ccccc1)N(C)C2=O. The summed E-state index contributed by atoms with van der Waals surface area (Å²) in [4.78, 5) is 40.2. The van der Waals surface area contributed by atoms with Crippen molar-refractivity contribution in [2.24, 2.45) is 0 Å². The van der Waals surface area contributed by atoms with Gasteiger partial charge in [0.05, 0.1) is 6.54 Å². The second-order valence-corrected chi connectivity index (χ2v) is 8.49. The molecule has 0 saturated heterocycles. The van der Waals surface area contributed by atoms with Crippen molar-refractivity contribution in [2.45, 2.75) is 39.0 Å². The van der Waals surface area contributed by atoms with Crippen LogP contribution in [0.25, 0.3) is 0 Å². The van der Waals surface area contributed by atoms with E-state index < -0.39 is 5.54 Å². The third kappa shape index (κ3) is 4.37. The fraction of sp³-hybridized carbons (Fsp3) is 0.280. The minimum atomic E-state index is -1.14. The number of aryl methyl sites for hydroxylation is 1. The van der Waals surface area contributed by atoms with Crippen LogP contribution < -0.4 is 10.6 Å². The van der Waals surface area contributed by atoms with Gasteiger partial charge in [-0.3, -0.25) is 19.1 Å². The fourth-order valence-corrected chi connectivity index (χ4v) is 3.88. The lowest BCUT2D eigenvalue weighted by Gasteiger charge is -2.40. The molecule has 3 amide bonds. The number of carbonyl (C=O) groups is 3. The van der Waals surface area contributed by atoms with Crippen LogP contribution in [0.2, 0.25) is 0 Å². The topological polar surface area (TPSA) is 96.3 Å². The summed E-state index contributed by atoms with van der Waals surface area (Å²) in [6, 6.07) is 18.8. The molecule has 2 heterocycles. The van der Waals surface area contributed by atoms with Gasteiger partial charge in [-0.1, -0.05) is 54.6 Å². The average molecular weight is 446 g/mol. The molecule has 4 rings (SSSR count). The largest absolute Gasteiger partial charge is 0.350 e. The highest BCUT2D eigenvalue weighted by Crippen LogP contribution is 2.26. The van der Waals surface area contributed by atoms with Gasteiger partial charge in [0.1, 0.15) is 11.2 Å². The number of hydrogen-bond acceptors (Lipinski definition) is 4. The fourth-order valence-electron chi connectivity index (χ4n) is 3.88. The average Bonchev–Trinajstić information content (AvgIpc) is 3.25. The van der Waals surface area contributed by atoms with Gasteiger partial charge in [0.2, 0.25) is 5.91 Å². The molecule has 0 fully saturated rings. The lowest BCUT2D eigenvalue weighted by atomic mass is 9.96. The highest BCUT2D eigenvalue weighted by atomic mass is 16.2. The molecule has 0 aliphatic carbocycles. The van der Waals surface area contributed by atoms with Gasteiger partial charge in [0, 0.05) is 26.2 Å². The molecule has 1 aliphatic heterocycles. The van der Waals surface area contributed by atoms with Crippen LogP contribution >= 0.6 is 0 Å². The molecule has 33 heavy (non-hydrogen) atoms.